The summed E-state index contributed by atoms with van der Waals surface area (Å²) < 4.78 is 0. The monoisotopic (exact) mass is 204 g/mol. The Morgan fingerprint density at radius 3 is 2.93 bits per heavy atom. The molecule has 4 nitrogen and oxygen atoms in total. The van der Waals surface area contributed by atoms with E-state index in [1.54, 1.807) is 12.3 Å². The molecule has 3 aromatic rings. The van der Waals surface area contributed by atoms with Crippen LogP contribution in [0.2, 0.25) is 5.02 Å². The second-order valence-corrected chi connectivity index (χ2v) is 3.35. The van der Waals surface area contributed by atoms with Crippen molar-refractivity contribution in [3.63, 3.8) is 0 Å². The number of rotatable bonds is 0. The molecule has 0 aliphatic carbocycles. The zero-order chi connectivity index (χ0) is 9.54. The van der Waals surface area contributed by atoms with Crippen LogP contribution < -0.4 is 0 Å². The number of nitrogens with zero attached hydrogens (tertiary/aromatic N) is 3. The predicted octanol–water partition coefficient (Wildman–Crippen LogP) is 2.16. The summed E-state index contributed by atoms with van der Waals surface area (Å²) in [5.74, 6) is 0. The van der Waals surface area contributed by atoms with Gasteiger partial charge in [-0.05, 0) is 18.2 Å². The van der Waals surface area contributed by atoms with Gasteiger partial charge in [-0.1, -0.05) is 11.6 Å². The highest BCUT2D eigenvalue weighted by Crippen LogP contribution is 2.25. The number of hydrogen-bond acceptors (Lipinski definition) is 3. The molecule has 0 unspecified atom stereocenters. The van der Waals surface area contributed by atoms with Crippen molar-refractivity contribution in [1.82, 2.24) is 20.4 Å². The molecule has 0 aliphatic rings. The van der Waals surface area contributed by atoms with E-state index < -0.39 is 0 Å². The highest BCUT2D eigenvalue weighted by molar-refractivity contribution is 6.35. The summed E-state index contributed by atoms with van der Waals surface area (Å²) in [6.07, 6.45) is 1.67. The van der Waals surface area contributed by atoms with Crippen LogP contribution >= 0.6 is 11.6 Å². The third-order valence-corrected chi connectivity index (χ3v) is 2.47. The van der Waals surface area contributed by atoms with Crippen LogP contribution in [-0.4, -0.2) is 20.4 Å². The van der Waals surface area contributed by atoms with E-state index in [1.165, 1.54) is 0 Å². The van der Waals surface area contributed by atoms with Gasteiger partial charge in [0.1, 0.15) is 16.6 Å². The van der Waals surface area contributed by atoms with Crippen molar-refractivity contribution in [2.24, 2.45) is 0 Å². The molecule has 0 fully saturated rings. The number of hydrogen-bond donors (Lipinski definition) is 1. The number of benzene rings is 1. The molecule has 2 heterocycles. The van der Waals surface area contributed by atoms with Crippen LogP contribution in [0.3, 0.4) is 0 Å². The van der Waals surface area contributed by atoms with E-state index in [0.717, 1.165) is 21.9 Å². The number of aromatic nitrogens is 4. The van der Waals surface area contributed by atoms with Gasteiger partial charge in [0, 0.05) is 11.6 Å². The van der Waals surface area contributed by atoms with E-state index in [0.29, 0.717) is 5.02 Å². The molecule has 1 N–H and O–H groups in total. The molecular formula is C9H5ClN4. The number of aromatic amines is 1. The predicted molar refractivity (Wildman–Crippen MR) is 54.2 cm³/mol. The summed E-state index contributed by atoms with van der Waals surface area (Å²) >= 11 is 6.03. The molecule has 0 amide bonds. The average molecular weight is 205 g/mol. The molecular weight excluding hydrogens is 200 g/mol. The van der Waals surface area contributed by atoms with Crippen LogP contribution in [0.15, 0.2) is 24.4 Å². The fraction of sp³-hybridized carbons (Fsp3) is 0. The van der Waals surface area contributed by atoms with Gasteiger partial charge in [0.2, 0.25) is 0 Å². The van der Waals surface area contributed by atoms with Crippen molar-refractivity contribution in [3.05, 3.63) is 29.4 Å². The number of pyridine rings is 1. The first-order valence-electron chi connectivity index (χ1n) is 4.10. The van der Waals surface area contributed by atoms with E-state index in [2.05, 4.69) is 20.4 Å². The highest BCUT2D eigenvalue weighted by Gasteiger charge is 2.06. The maximum Gasteiger partial charge on any atom is 0.139 e. The van der Waals surface area contributed by atoms with Crippen molar-refractivity contribution in [2.75, 3.05) is 0 Å². The molecule has 5 heteroatoms. The second kappa shape index (κ2) is 2.65. The lowest BCUT2D eigenvalue weighted by atomic mass is 10.2. The van der Waals surface area contributed by atoms with E-state index in [-0.39, 0.29) is 0 Å². The SMILES string of the molecule is Clc1ccnc2c1ccc1n[nH]nc12. The number of H-pyrrole nitrogens is 1. The molecule has 0 atom stereocenters. The third-order valence-electron chi connectivity index (χ3n) is 2.14. The number of nitrogens with one attached hydrogen (secondary N) is 1. The van der Waals surface area contributed by atoms with Gasteiger partial charge in [0.05, 0.1) is 5.02 Å². The zero-order valence-corrected chi connectivity index (χ0v) is 7.78. The van der Waals surface area contributed by atoms with Gasteiger partial charge in [0.15, 0.2) is 0 Å². The molecule has 0 radical (unpaired) electrons. The summed E-state index contributed by atoms with van der Waals surface area (Å²) in [5, 5.41) is 12.2. The van der Waals surface area contributed by atoms with Gasteiger partial charge < -0.3 is 0 Å². The van der Waals surface area contributed by atoms with E-state index in [9.17, 15) is 0 Å². The van der Waals surface area contributed by atoms with Crippen LogP contribution in [0, 0.1) is 0 Å². The fourth-order valence-electron chi connectivity index (χ4n) is 1.49. The van der Waals surface area contributed by atoms with Gasteiger partial charge in [-0.2, -0.15) is 15.4 Å². The highest BCUT2D eigenvalue weighted by atomic mass is 35.5. The Bertz CT molecular complexity index is 616. The van der Waals surface area contributed by atoms with Crippen LogP contribution in [-0.2, 0) is 0 Å². The Balaban J connectivity index is 2.64. The van der Waals surface area contributed by atoms with E-state index >= 15 is 0 Å². The minimum absolute atomic E-state index is 0.680. The number of halogens is 1. The normalized spacial score (nSPS) is 11.2. The van der Waals surface area contributed by atoms with Gasteiger partial charge in [0.25, 0.3) is 0 Å². The van der Waals surface area contributed by atoms with Gasteiger partial charge in [-0.3, -0.25) is 4.98 Å². The summed E-state index contributed by atoms with van der Waals surface area (Å²) in [5.41, 5.74) is 2.33. The Kier molecular flexibility index (Phi) is 1.46. The molecule has 0 saturated carbocycles. The molecule has 68 valence electrons. The van der Waals surface area contributed by atoms with Crippen LogP contribution in [0.1, 0.15) is 0 Å². The first-order valence-corrected chi connectivity index (χ1v) is 4.48. The van der Waals surface area contributed by atoms with Crippen molar-refractivity contribution >= 4 is 33.5 Å². The summed E-state index contributed by atoms with van der Waals surface area (Å²) in [6, 6.07) is 5.53. The largest absolute Gasteiger partial charge is 0.254 e. The van der Waals surface area contributed by atoms with E-state index in [4.69, 9.17) is 11.6 Å². The molecule has 0 saturated heterocycles. The van der Waals surface area contributed by atoms with Crippen molar-refractivity contribution in [2.45, 2.75) is 0 Å². The average Bonchev–Trinajstić information content (AvgIpc) is 2.66. The maximum atomic E-state index is 6.03. The Labute approximate surface area is 83.9 Å². The summed E-state index contributed by atoms with van der Waals surface area (Å²) in [4.78, 5) is 4.24. The first-order chi connectivity index (χ1) is 6.86. The Morgan fingerprint density at radius 1 is 1.07 bits per heavy atom. The van der Waals surface area contributed by atoms with Crippen LogP contribution in [0.5, 0.6) is 0 Å². The van der Waals surface area contributed by atoms with Gasteiger partial charge in [-0.15, -0.1) is 0 Å². The zero-order valence-electron chi connectivity index (χ0n) is 7.03. The lowest BCUT2D eigenvalue weighted by molar-refractivity contribution is 0.960. The number of fused-ring (bicyclic) bond motifs is 3. The van der Waals surface area contributed by atoms with Crippen molar-refractivity contribution in [3.8, 4) is 0 Å². The lowest BCUT2D eigenvalue weighted by Gasteiger charge is -1.97. The first kappa shape index (κ1) is 7.70. The molecule has 1 aromatic carbocycles. The Hall–Kier alpha value is -1.68. The van der Waals surface area contributed by atoms with Crippen molar-refractivity contribution in [1.29, 1.82) is 0 Å². The smallest absolute Gasteiger partial charge is 0.139 e. The third kappa shape index (κ3) is 0.914. The molecule has 3 rings (SSSR count). The minimum atomic E-state index is 0.680. The standard InChI is InChI=1S/C9H5ClN4/c10-6-3-4-11-8-5(6)1-2-7-9(8)13-14-12-7/h1-4H,(H,12,13,14). The Morgan fingerprint density at radius 2 is 2.00 bits per heavy atom. The van der Waals surface area contributed by atoms with Gasteiger partial charge in [-0.25, -0.2) is 0 Å². The fourth-order valence-corrected chi connectivity index (χ4v) is 1.70. The van der Waals surface area contributed by atoms with Crippen molar-refractivity contribution < 1.29 is 0 Å². The molecule has 0 bridgehead atoms. The minimum Gasteiger partial charge on any atom is -0.254 e. The van der Waals surface area contributed by atoms with Crippen LogP contribution in [0.25, 0.3) is 21.9 Å². The van der Waals surface area contributed by atoms with E-state index in [1.807, 2.05) is 12.1 Å². The topological polar surface area (TPSA) is 54.5 Å². The lowest BCUT2D eigenvalue weighted by Crippen LogP contribution is -1.81. The maximum absolute atomic E-state index is 6.03. The molecule has 0 spiro atoms. The summed E-state index contributed by atoms with van der Waals surface area (Å²) in [6.45, 7) is 0. The molecule has 0 aliphatic heterocycles. The van der Waals surface area contributed by atoms with Gasteiger partial charge >= 0.3 is 0 Å². The van der Waals surface area contributed by atoms with Crippen LogP contribution in [0.4, 0.5) is 0 Å². The molecule has 2 aromatic heterocycles. The second-order valence-electron chi connectivity index (χ2n) is 2.95. The quantitative estimate of drug-likeness (QED) is 0.611. The summed E-state index contributed by atoms with van der Waals surface area (Å²) in [7, 11) is 0. The molecule has 14 heavy (non-hydrogen) atoms.